The largest absolute Gasteiger partial charge is 0.494 e. The fourth-order valence-electron chi connectivity index (χ4n) is 2.78. The molecular formula is C17H10N2O4. The lowest BCUT2D eigenvalue weighted by Gasteiger charge is -2.00. The van der Waals surface area contributed by atoms with Gasteiger partial charge in [0.2, 0.25) is 5.78 Å². The van der Waals surface area contributed by atoms with E-state index in [2.05, 4.69) is 9.98 Å². The first-order chi connectivity index (χ1) is 11.1. The summed E-state index contributed by atoms with van der Waals surface area (Å²) < 4.78 is 0. The molecule has 0 amide bonds. The van der Waals surface area contributed by atoms with Crippen LogP contribution in [-0.2, 0) is 0 Å². The third-order valence-electron chi connectivity index (χ3n) is 3.86. The van der Waals surface area contributed by atoms with Crippen LogP contribution in [0.1, 0.15) is 26.3 Å². The number of fused-ring (bicyclic) bond motifs is 2. The molecule has 2 aromatic carbocycles. The Bertz CT molecular complexity index is 1030. The van der Waals surface area contributed by atoms with Crippen LogP contribution in [0, 0.1) is 0 Å². The molecule has 0 atom stereocenters. The van der Waals surface area contributed by atoms with E-state index in [1.807, 2.05) is 0 Å². The molecule has 3 aromatic rings. The fraction of sp³-hybridized carbons (Fsp3) is 0. The van der Waals surface area contributed by atoms with Crippen LogP contribution < -0.4 is 0 Å². The predicted octanol–water partition coefficient (Wildman–Crippen LogP) is 2.89. The summed E-state index contributed by atoms with van der Waals surface area (Å²) in [4.78, 5) is 30.7. The first kappa shape index (κ1) is 13.3. The van der Waals surface area contributed by atoms with Gasteiger partial charge in [-0.2, -0.15) is 0 Å². The zero-order valence-electron chi connectivity index (χ0n) is 11.7. The van der Waals surface area contributed by atoms with Gasteiger partial charge in [0.05, 0.1) is 16.8 Å². The number of hydrogen-bond acceptors (Lipinski definition) is 4. The van der Waals surface area contributed by atoms with Crippen LogP contribution in [0.3, 0.4) is 0 Å². The van der Waals surface area contributed by atoms with Crippen LogP contribution in [-0.4, -0.2) is 32.7 Å². The van der Waals surface area contributed by atoms with Crippen LogP contribution in [0.4, 0.5) is 5.69 Å². The molecule has 3 N–H and O–H groups in total. The standard InChI is InChI=1S/C17H10N2O4/c20-15-9-3-1-2-4-11(9)18-14(15)13-10-7-8(17(22)23)5-6-12(10)19-16(13)21/h1-7,19,21H,(H,22,23). The Balaban J connectivity index is 1.97. The molecule has 0 unspecified atom stereocenters. The lowest BCUT2D eigenvalue weighted by Crippen LogP contribution is -2.11. The van der Waals surface area contributed by atoms with E-state index < -0.39 is 5.97 Å². The van der Waals surface area contributed by atoms with Gasteiger partial charge in [0, 0.05) is 16.5 Å². The van der Waals surface area contributed by atoms with Crippen molar-refractivity contribution in [3.05, 3.63) is 59.2 Å². The molecule has 0 saturated heterocycles. The van der Waals surface area contributed by atoms with Gasteiger partial charge in [0.25, 0.3) is 0 Å². The second kappa shape index (κ2) is 4.54. The molecule has 2 heterocycles. The maximum absolute atomic E-state index is 12.5. The van der Waals surface area contributed by atoms with E-state index in [0.717, 1.165) is 0 Å². The molecule has 0 aliphatic carbocycles. The number of aromatic carboxylic acids is 1. The first-order valence-corrected chi connectivity index (χ1v) is 6.87. The number of rotatable bonds is 2. The number of para-hydroxylation sites is 1. The number of nitrogens with zero attached hydrogens (tertiary/aromatic N) is 1. The topological polar surface area (TPSA) is 103 Å². The number of carbonyl (C=O) groups is 2. The van der Waals surface area contributed by atoms with Crippen LogP contribution in [0.2, 0.25) is 0 Å². The van der Waals surface area contributed by atoms with Crippen molar-refractivity contribution in [2.75, 3.05) is 0 Å². The number of H-pyrrole nitrogens is 1. The zero-order chi connectivity index (χ0) is 16.1. The number of aliphatic imine (C=N–C) groups is 1. The molecule has 0 bridgehead atoms. The fourth-order valence-corrected chi connectivity index (χ4v) is 2.78. The number of Topliss-reactive ketones (excluding diaryl/α,β-unsaturated/α-hetero) is 1. The monoisotopic (exact) mass is 306 g/mol. The molecule has 0 fully saturated rings. The number of ketones is 1. The highest BCUT2D eigenvalue weighted by atomic mass is 16.4. The van der Waals surface area contributed by atoms with Crippen molar-refractivity contribution >= 4 is 34.1 Å². The average molecular weight is 306 g/mol. The molecule has 6 nitrogen and oxygen atoms in total. The third kappa shape index (κ3) is 1.85. The Morgan fingerprint density at radius 2 is 1.91 bits per heavy atom. The van der Waals surface area contributed by atoms with Gasteiger partial charge in [-0.15, -0.1) is 0 Å². The molecular weight excluding hydrogens is 296 g/mol. The summed E-state index contributed by atoms with van der Waals surface area (Å²) in [7, 11) is 0. The smallest absolute Gasteiger partial charge is 0.335 e. The number of benzene rings is 2. The highest BCUT2D eigenvalue weighted by molar-refractivity contribution is 6.56. The van der Waals surface area contributed by atoms with Gasteiger partial charge in [-0.3, -0.25) is 4.79 Å². The zero-order valence-corrected chi connectivity index (χ0v) is 11.7. The molecule has 0 spiro atoms. The summed E-state index contributed by atoms with van der Waals surface area (Å²) in [5.74, 6) is -1.58. The molecule has 0 saturated carbocycles. The quantitative estimate of drug-likeness (QED) is 0.677. The first-order valence-electron chi connectivity index (χ1n) is 6.87. The average Bonchev–Trinajstić information content (AvgIpc) is 3.03. The van der Waals surface area contributed by atoms with Crippen molar-refractivity contribution in [1.29, 1.82) is 0 Å². The lowest BCUT2D eigenvalue weighted by molar-refractivity contribution is 0.0697. The van der Waals surface area contributed by atoms with E-state index in [-0.39, 0.29) is 28.5 Å². The van der Waals surface area contributed by atoms with E-state index in [1.54, 1.807) is 30.3 Å². The Hall–Kier alpha value is -3.41. The minimum Gasteiger partial charge on any atom is -0.494 e. The Morgan fingerprint density at radius 1 is 1.13 bits per heavy atom. The van der Waals surface area contributed by atoms with E-state index in [0.29, 0.717) is 22.2 Å². The van der Waals surface area contributed by atoms with Crippen LogP contribution >= 0.6 is 0 Å². The number of aromatic nitrogens is 1. The second-order valence-electron chi connectivity index (χ2n) is 5.22. The number of hydrogen-bond donors (Lipinski definition) is 3. The third-order valence-corrected chi connectivity index (χ3v) is 3.86. The summed E-state index contributed by atoms with van der Waals surface area (Å²) in [5, 5.41) is 19.8. The van der Waals surface area contributed by atoms with Gasteiger partial charge in [-0.1, -0.05) is 12.1 Å². The summed E-state index contributed by atoms with van der Waals surface area (Å²) in [6.45, 7) is 0. The van der Waals surface area contributed by atoms with E-state index in [1.165, 1.54) is 12.1 Å². The number of aromatic amines is 1. The predicted molar refractivity (Wildman–Crippen MR) is 83.9 cm³/mol. The number of carboxylic acids is 1. The lowest BCUT2D eigenvalue weighted by atomic mass is 10.0. The molecule has 0 radical (unpaired) electrons. The van der Waals surface area contributed by atoms with Gasteiger partial charge < -0.3 is 15.2 Å². The summed E-state index contributed by atoms with van der Waals surface area (Å²) in [5.41, 5.74) is 1.94. The van der Waals surface area contributed by atoms with E-state index in [9.17, 15) is 14.7 Å². The van der Waals surface area contributed by atoms with Crippen LogP contribution in [0.25, 0.3) is 10.9 Å². The van der Waals surface area contributed by atoms with Crippen molar-refractivity contribution < 1.29 is 19.8 Å². The van der Waals surface area contributed by atoms with Gasteiger partial charge in [0.1, 0.15) is 5.71 Å². The van der Waals surface area contributed by atoms with Crippen LogP contribution in [0.5, 0.6) is 5.88 Å². The maximum Gasteiger partial charge on any atom is 0.335 e. The molecule has 6 heteroatoms. The number of carboxylic acid groups (broad SMARTS) is 1. The van der Waals surface area contributed by atoms with Gasteiger partial charge in [0.15, 0.2) is 5.88 Å². The van der Waals surface area contributed by atoms with Crippen molar-refractivity contribution in [3.63, 3.8) is 0 Å². The minimum absolute atomic E-state index is 0.0707. The van der Waals surface area contributed by atoms with E-state index in [4.69, 9.17) is 5.11 Å². The molecule has 23 heavy (non-hydrogen) atoms. The highest BCUT2D eigenvalue weighted by Gasteiger charge is 2.30. The summed E-state index contributed by atoms with van der Waals surface area (Å²) in [6.07, 6.45) is 0. The van der Waals surface area contributed by atoms with Gasteiger partial charge >= 0.3 is 5.97 Å². The van der Waals surface area contributed by atoms with Crippen molar-refractivity contribution in [3.8, 4) is 5.88 Å². The molecule has 1 aliphatic rings. The number of nitrogens with one attached hydrogen (secondary N) is 1. The number of aromatic hydroxyl groups is 1. The molecule has 1 aliphatic heterocycles. The van der Waals surface area contributed by atoms with Crippen molar-refractivity contribution in [1.82, 2.24) is 4.98 Å². The normalized spacial score (nSPS) is 13.2. The van der Waals surface area contributed by atoms with Gasteiger partial charge in [-0.05, 0) is 30.3 Å². The maximum atomic E-state index is 12.5. The summed E-state index contributed by atoms with van der Waals surface area (Å²) in [6, 6.07) is 11.3. The molecule has 4 rings (SSSR count). The van der Waals surface area contributed by atoms with Gasteiger partial charge in [-0.25, -0.2) is 9.79 Å². The molecule has 112 valence electrons. The Labute approximate surface area is 129 Å². The van der Waals surface area contributed by atoms with E-state index >= 15 is 0 Å². The minimum atomic E-state index is -1.08. The summed E-state index contributed by atoms with van der Waals surface area (Å²) >= 11 is 0. The Morgan fingerprint density at radius 3 is 2.65 bits per heavy atom. The SMILES string of the molecule is O=C(O)c1ccc2[nH]c(O)c(C3=Nc4ccccc4C3=O)c2c1. The Kier molecular flexibility index (Phi) is 2.62. The van der Waals surface area contributed by atoms with Crippen molar-refractivity contribution in [2.24, 2.45) is 4.99 Å². The van der Waals surface area contributed by atoms with Crippen LogP contribution in [0.15, 0.2) is 47.5 Å². The highest BCUT2D eigenvalue weighted by Crippen LogP contribution is 2.35. The molecule has 1 aromatic heterocycles. The number of carbonyl (C=O) groups excluding carboxylic acids is 1. The van der Waals surface area contributed by atoms with Crippen molar-refractivity contribution in [2.45, 2.75) is 0 Å². The second-order valence-corrected chi connectivity index (χ2v) is 5.22.